The zero-order valence-electron chi connectivity index (χ0n) is 19.3. The number of nitrogen functional groups attached to an aromatic ring is 1. The Morgan fingerprint density at radius 3 is 2.68 bits per heavy atom. The van der Waals surface area contributed by atoms with Crippen LogP contribution < -0.4 is 16.0 Å². The molecular weight excluding hydrogens is 426 g/mol. The number of anilines is 2. The van der Waals surface area contributed by atoms with E-state index < -0.39 is 0 Å². The van der Waals surface area contributed by atoms with E-state index in [1.807, 2.05) is 54.3 Å². The summed E-state index contributed by atoms with van der Waals surface area (Å²) in [5, 5.41) is 9.53. The van der Waals surface area contributed by atoms with Crippen LogP contribution >= 0.6 is 0 Å². The second-order valence-electron chi connectivity index (χ2n) is 8.92. The highest BCUT2D eigenvalue weighted by atomic mass is 16.1. The number of amides is 1. The van der Waals surface area contributed by atoms with E-state index in [4.69, 9.17) is 5.73 Å². The van der Waals surface area contributed by atoms with E-state index >= 15 is 0 Å². The molecule has 3 N–H and O–H groups in total. The first-order chi connectivity index (χ1) is 16.6. The molecule has 1 aliphatic heterocycles. The fraction of sp³-hybridized carbons (Fsp3) is 0.308. The van der Waals surface area contributed by atoms with Crippen LogP contribution in [0.2, 0.25) is 0 Å². The minimum atomic E-state index is -0.163. The number of benzene rings is 1. The van der Waals surface area contributed by atoms with Gasteiger partial charge in [-0.1, -0.05) is 12.1 Å². The topological polar surface area (TPSA) is 102 Å². The van der Waals surface area contributed by atoms with E-state index in [0.717, 1.165) is 54.5 Å². The van der Waals surface area contributed by atoms with Crippen molar-refractivity contribution in [1.82, 2.24) is 25.1 Å². The van der Waals surface area contributed by atoms with Gasteiger partial charge in [0.05, 0.1) is 0 Å². The Labute approximate surface area is 198 Å². The van der Waals surface area contributed by atoms with Crippen LogP contribution in [0.1, 0.15) is 34.6 Å². The Kier molecular flexibility index (Phi) is 6.12. The molecule has 1 fully saturated rings. The Morgan fingerprint density at radius 2 is 1.88 bits per heavy atom. The van der Waals surface area contributed by atoms with Gasteiger partial charge in [0, 0.05) is 61.5 Å². The Morgan fingerprint density at radius 1 is 1.09 bits per heavy atom. The Hall–Kier alpha value is -3.94. The number of nitrogens with two attached hydrogens (primary N) is 1. The van der Waals surface area contributed by atoms with E-state index in [0.29, 0.717) is 24.0 Å². The van der Waals surface area contributed by atoms with Crippen LogP contribution in [0.25, 0.3) is 10.8 Å². The quantitative estimate of drug-likeness (QED) is 0.461. The number of aromatic nitrogens is 4. The number of carbonyl (C=O) groups excluding carboxylic acids is 1. The molecule has 1 saturated heterocycles. The molecule has 1 aliphatic rings. The van der Waals surface area contributed by atoms with E-state index in [1.165, 1.54) is 5.69 Å². The molecular formula is C26H29N7O. The number of piperidine rings is 1. The summed E-state index contributed by atoms with van der Waals surface area (Å²) in [5.41, 5.74) is 9.63. The second kappa shape index (κ2) is 9.51. The zero-order valence-corrected chi connectivity index (χ0v) is 19.3. The molecule has 0 atom stereocenters. The molecule has 3 aromatic heterocycles. The third kappa shape index (κ3) is 4.71. The molecule has 0 radical (unpaired) electrons. The number of carbonyl (C=O) groups is 1. The molecule has 1 amide bonds. The van der Waals surface area contributed by atoms with Gasteiger partial charge in [-0.15, -0.1) is 0 Å². The summed E-state index contributed by atoms with van der Waals surface area (Å²) in [6, 6.07) is 13.8. The molecule has 0 bridgehead atoms. The largest absolute Gasteiger partial charge is 0.383 e. The van der Waals surface area contributed by atoms with Crippen molar-refractivity contribution in [1.29, 1.82) is 0 Å². The van der Waals surface area contributed by atoms with Crippen molar-refractivity contribution < 1.29 is 4.79 Å². The van der Waals surface area contributed by atoms with E-state index in [1.54, 1.807) is 6.20 Å². The van der Waals surface area contributed by atoms with Gasteiger partial charge in [-0.05, 0) is 67.0 Å². The normalized spacial score (nSPS) is 14.4. The summed E-state index contributed by atoms with van der Waals surface area (Å²) in [7, 11) is 0. The van der Waals surface area contributed by atoms with Crippen molar-refractivity contribution in [2.24, 2.45) is 5.92 Å². The fourth-order valence-corrected chi connectivity index (χ4v) is 4.61. The number of hydrogen-bond donors (Lipinski definition) is 2. The minimum Gasteiger partial charge on any atom is -0.383 e. The second-order valence-corrected chi connectivity index (χ2v) is 8.92. The van der Waals surface area contributed by atoms with Crippen molar-refractivity contribution in [3.05, 3.63) is 78.0 Å². The third-order valence-electron chi connectivity index (χ3n) is 6.60. The number of pyridine rings is 2. The number of hydrogen-bond acceptors (Lipinski definition) is 6. The van der Waals surface area contributed by atoms with Gasteiger partial charge in [0.25, 0.3) is 5.91 Å². The molecule has 0 spiro atoms. The summed E-state index contributed by atoms with van der Waals surface area (Å²) in [6.07, 6.45) is 7.58. The van der Waals surface area contributed by atoms with Gasteiger partial charge in [-0.2, -0.15) is 5.10 Å². The van der Waals surface area contributed by atoms with E-state index in [9.17, 15) is 4.79 Å². The first kappa shape index (κ1) is 21.9. The van der Waals surface area contributed by atoms with Gasteiger partial charge in [-0.25, -0.2) is 4.98 Å². The van der Waals surface area contributed by atoms with Crippen molar-refractivity contribution >= 4 is 28.2 Å². The maximum absolute atomic E-state index is 12.8. The van der Waals surface area contributed by atoms with Crippen LogP contribution in [0.5, 0.6) is 0 Å². The van der Waals surface area contributed by atoms with Gasteiger partial charge in [0.1, 0.15) is 11.5 Å². The predicted molar refractivity (Wildman–Crippen MR) is 133 cm³/mol. The summed E-state index contributed by atoms with van der Waals surface area (Å²) in [5.74, 6) is 0.896. The molecule has 1 aromatic carbocycles. The maximum atomic E-state index is 12.8. The zero-order chi connectivity index (χ0) is 23.5. The highest BCUT2D eigenvalue weighted by Crippen LogP contribution is 2.24. The minimum absolute atomic E-state index is 0.163. The number of fused-ring (bicyclic) bond motifs is 1. The lowest BCUT2D eigenvalue weighted by atomic mass is 9.96. The maximum Gasteiger partial charge on any atom is 0.272 e. The summed E-state index contributed by atoms with van der Waals surface area (Å²) >= 11 is 0. The van der Waals surface area contributed by atoms with Gasteiger partial charge < -0.3 is 16.0 Å². The monoisotopic (exact) mass is 455 g/mol. The van der Waals surface area contributed by atoms with Crippen molar-refractivity contribution in [3.63, 3.8) is 0 Å². The number of nitrogens with one attached hydrogen (secondary N) is 1. The highest BCUT2D eigenvalue weighted by Gasteiger charge is 2.21. The molecule has 4 heterocycles. The molecule has 0 saturated carbocycles. The lowest BCUT2D eigenvalue weighted by molar-refractivity contribution is 0.0944. The molecule has 0 aliphatic carbocycles. The fourth-order valence-electron chi connectivity index (χ4n) is 4.61. The SMILES string of the molecule is Cc1cc(C(=O)NCc2ccc3c(N)nccc3c2)nn1CC1CCN(c2ccncc2)CC1. The molecule has 8 nitrogen and oxygen atoms in total. The van der Waals surface area contributed by atoms with Crippen molar-refractivity contribution in [3.8, 4) is 0 Å². The average Bonchev–Trinajstić information content (AvgIpc) is 3.23. The van der Waals surface area contributed by atoms with Crippen LogP contribution in [0.4, 0.5) is 11.5 Å². The van der Waals surface area contributed by atoms with Crippen LogP contribution in [0.3, 0.4) is 0 Å². The molecule has 34 heavy (non-hydrogen) atoms. The Balaban J connectivity index is 1.17. The van der Waals surface area contributed by atoms with Crippen LogP contribution in [-0.4, -0.2) is 38.7 Å². The molecule has 174 valence electrons. The summed E-state index contributed by atoms with van der Waals surface area (Å²) < 4.78 is 1.98. The summed E-state index contributed by atoms with van der Waals surface area (Å²) in [4.78, 5) is 23.4. The van der Waals surface area contributed by atoms with Gasteiger partial charge in [0.15, 0.2) is 0 Å². The number of nitrogens with zero attached hydrogens (tertiary/aromatic N) is 5. The number of aryl methyl sites for hydroxylation is 1. The average molecular weight is 456 g/mol. The van der Waals surface area contributed by atoms with Gasteiger partial charge in [-0.3, -0.25) is 14.5 Å². The smallest absolute Gasteiger partial charge is 0.272 e. The van der Waals surface area contributed by atoms with E-state index in [2.05, 4.69) is 37.4 Å². The van der Waals surface area contributed by atoms with Crippen LogP contribution in [0.15, 0.2) is 61.1 Å². The van der Waals surface area contributed by atoms with E-state index in [-0.39, 0.29) is 5.91 Å². The standard InChI is InChI=1S/C26H29N7O/c1-18-14-24(26(34)30-16-20-2-3-23-21(15-20)4-11-29-25(23)27)31-33(18)17-19-7-12-32(13-8-19)22-5-9-28-10-6-22/h2-6,9-11,14-15,19H,7-8,12-13,16-17H2,1H3,(H2,27,29)(H,30,34). The Bertz CT molecular complexity index is 1290. The van der Waals surface area contributed by atoms with Crippen LogP contribution in [-0.2, 0) is 13.1 Å². The first-order valence-electron chi connectivity index (χ1n) is 11.7. The van der Waals surface area contributed by atoms with Crippen molar-refractivity contribution in [2.75, 3.05) is 23.7 Å². The highest BCUT2D eigenvalue weighted by molar-refractivity contribution is 5.93. The molecule has 8 heteroatoms. The lowest BCUT2D eigenvalue weighted by Gasteiger charge is -2.33. The third-order valence-corrected chi connectivity index (χ3v) is 6.60. The van der Waals surface area contributed by atoms with Crippen LogP contribution in [0, 0.1) is 12.8 Å². The first-order valence-corrected chi connectivity index (χ1v) is 11.7. The predicted octanol–water partition coefficient (Wildman–Crippen LogP) is 3.56. The molecule has 4 aromatic rings. The number of rotatable bonds is 6. The van der Waals surface area contributed by atoms with Crippen molar-refractivity contribution in [2.45, 2.75) is 32.9 Å². The molecule has 5 rings (SSSR count). The molecule has 0 unspecified atom stereocenters. The van der Waals surface area contributed by atoms with Gasteiger partial charge in [0.2, 0.25) is 0 Å². The van der Waals surface area contributed by atoms with Gasteiger partial charge >= 0.3 is 0 Å². The summed E-state index contributed by atoms with van der Waals surface area (Å²) in [6.45, 7) is 5.32. The lowest BCUT2D eigenvalue weighted by Crippen LogP contribution is -2.35.